The molecule has 3 aromatic rings. The molecule has 28 heavy (non-hydrogen) atoms. The quantitative estimate of drug-likeness (QED) is 0.693. The van der Waals surface area contributed by atoms with E-state index in [0.29, 0.717) is 43.6 Å². The van der Waals surface area contributed by atoms with Crippen LogP contribution in [0.15, 0.2) is 41.7 Å². The van der Waals surface area contributed by atoms with Crippen molar-refractivity contribution in [3.05, 3.63) is 36.8 Å². The number of nitrogens with zero attached hydrogens (tertiary/aromatic N) is 4. The average Bonchev–Trinajstić information content (AvgIpc) is 3.09. The summed E-state index contributed by atoms with van der Waals surface area (Å²) < 4.78 is 39.7. The zero-order valence-electron chi connectivity index (χ0n) is 15.6. The maximum Gasteiger partial charge on any atom is 0.243 e. The monoisotopic (exact) mass is 403 g/mol. The molecule has 1 saturated heterocycles. The second kappa shape index (κ2) is 7.38. The number of imidazole rings is 1. The predicted octanol–water partition coefficient (Wildman–Crippen LogP) is 1.74. The van der Waals surface area contributed by atoms with E-state index in [1.165, 1.54) is 17.5 Å². The van der Waals surface area contributed by atoms with Crippen LogP contribution in [0.4, 0.5) is 11.5 Å². The van der Waals surface area contributed by atoms with Gasteiger partial charge in [0.05, 0.1) is 48.9 Å². The second-order valence-corrected chi connectivity index (χ2v) is 8.36. The molecule has 0 aliphatic carbocycles. The fraction of sp³-hybridized carbons (Fsp3) is 0.333. The molecule has 0 amide bonds. The Hall–Kier alpha value is -2.69. The summed E-state index contributed by atoms with van der Waals surface area (Å²) in [6.45, 7) is 1.49. The van der Waals surface area contributed by atoms with Crippen molar-refractivity contribution < 1.29 is 17.9 Å². The number of pyridine rings is 1. The van der Waals surface area contributed by atoms with Crippen LogP contribution in [0, 0.1) is 0 Å². The zero-order valence-corrected chi connectivity index (χ0v) is 16.4. The predicted molar refractivity (Wildman–Crippen MR) is 104 cm³/mol. The number of fused-ring (bicyclic) bond motifs is 1. The van der Waals surface area contributed by atoms with E-state index in [-0.39, 0.29) is 4.90 Å². The van der Waals surface area contributed by atoms with Gasteiger partial charge in [0.1, 0.15) is 17.1 Å². The highest BCUT2D eigenvalue weighted by molar-refractivity contribution is 7.89. The van der Waals surface area contributed by atoms with E-state index in [4.69, 9.17) is 9.47 Å². The number of rotatable bonds is 5. The van der Waals surface area contributed by atoms with Crippen LogP contribution < -0.4 is 10.1 Å². The topological polar surface area (TPSA) is 98.6 Å². The van der Waals surface area contributed by atoms with Gasteiger partial charge in [-0.25, -0.2) is 18.4 Å². The Bertz CT molecular complexity index is 1110. The van der Waals surface area contributed by atoms with Gasteiger partial charge in [-0.15, -0.1) is 0 Å². The number of hydrogen-bond donors (Lipinski definition) is 1. The normalized spacial score (nSPS) is 15.6. The van der Waals surface area contributed by atoms with E-state index in [0.717, 1.165) is 11.0 Å². The first-order valence-electron chi connectivity index (χ1n) is 8.79. The number of hydrogen-bond acceptors (Lipinski definition) is 7. The maximum absolute atomic E-state index is 12.9. The molecule has 2 aromatic heterocycles. The lowest BCUT2D eigenvalue weighted by Gasteiger charge is -2.26. The van der Waals surface area contributed by atoms with E-state index >= 15 is 0 Å². The Labute approximate surface area is 163 Å². The zero-order chi connectivity index (χ0) is 19.7. The number of aryl methyl sites for hydroxylation is 1. The van der Waals surface area contributed by atoms with Gasteiger partial charge in [0.25, 0.3) is 0 Å². The van der Waals surface area contributed by atoms with Crippen LogP contribution in [0.25, 0.3) is 11.0 Å². The highest BCUT2D eigenvalue weighted by Crippen LogP contribution is 2.31. The number of sulfonamides is 1. The number of benzene rings is 1. The van der Waals surface area contributed by atoms with Crippen LogP contribution >= 0.6 is 0 Å². The van der Waals surface area contributed by atoms with Crippen molar-refractivity contribution in [1.29, 1.82) is 0 Å². The van der Waals surface area contributed by atoms with Gasteiger partial charge in [0.2, 0.25) is 10.0 Å². The van der Waals surface area contributed by atoms with Crippen LogP contribution in [0.3, 0.4) is 0 Å². The maximum atomic E-state index is 12.9. The van der Waals surface area contributed by atoms with Crippen molar-refractivity contribution in [3.63, 3.8) is 0 Å². The molecule has 1 aliphatic rings. The van der Waals surface area contributed by atoms with Crippen LogP contribution in [-0.4, -0.2) is 60.7 Å². The lowest BCUT2D eigenvalue weighted by atomic mass is 10.3. The fourth-order valence-electron chi connectivity index (χ4n) is 3.11. The molecule has 0 bridgehead atoms. The Morgan fingerprint density at radius 1 is 1.18 bits per heavy atom. The molecule has 0 atom stereocenters. The Morgan fingerprint density at radius 3 is 2.71 bits per heavy atom. The first kappa shape index (κ1) is 18.7. The van der Waals surface area contributed by atoms with Crippen molar-refractivity contribution in [2.75, 3.05) is 38.7 Å². The number of anilines is 2. The smallest absolute Gasteiger partial charge is 0.243 e. The summed E-state index contributed by atoms with van der Waals surface area (Å²) in [6.07, 6.45) is 3.41. The van der Waals surface area contributed by atoms with Crippen molar-refractivity contribution in [2.45, 2.75) is 4.90 Å². The number of methoxy groups -OCH3 is 1. The third kappa shape index (κ3) is 3.41. The lowest BCUT2D eigenvalue weighted by molar-refractivity contribution is 0.0730. The fourth-order valence-corrected chi connectivity index (χ4v) is 4.53. The third-order valence-corrected chi connectivity index (χ3v) is 6.55. The van der Waals surface area contributed by atoms with E-state index in [9.17, 15) is 8.42 Å². The summed E-state index contributed by atoms with van der Waals surface area (Å²) in [5.41, 5.74) is 2.35. The molecule has 0 radical (unpaired) electrons. The molecule has 148 valence electrons. The van der Waals surface area contributed by atoms with Gasteiger partial charge in [-0.3, -0.25) is 0 Å². The summed E-state index contributed by atoms with van der Waals surface area (Å²) in [4.78, 5) is 8.79. The van der Waals surface area contributed by atoms with Gasteiger partial charge in [-0.2, -0.15) is 4.31 Å². The summed E-state index contributed by atoms with van der Waals surface area (Å²) in [5.74, 6) is 1.03. The molecule has 0 unspecified atom stereocenters. The number of morpholine rings is 1. The lowest BCUT2D eigenvalue weighted by Crippen LogP contribution is -2.40. The Morgan fingerprint density at radius 2 is 1.96 bits per heavy atom. The molecule has 1 aliphatic heterocycles. The van der Waals surface area contributed by atoms with Gasteiger partial charge in [-0.1, -0.05) is 0 Å². The van der Waals surface area contributed by atoms with E-state index < -0.39 is 10.0 Å². The van der Waals surface area contributed by atoms with Gasteiger partial charge in [0, 0.05) is 32.3 Å². The van der Waals surface area contributed by atoms with E-state index in [1.807, 2.05) is 17.7 Å². The van der Waals surface area contributed by atoms with Gasteiger partial charge in [-0.05, 0) is 12.1 Å². The molecule has 10 heteroatoms. The number of nitrogens with one attached hydrogen (secondary N) is 1. The van der Waals surface area contributed by atoms with Crippen LogP contribution in [0.1, 0.15) is 0 Å². The van der Waals surface area contributed by atoms with Crippen LogP contribution in [0.5, 0.6) is 5.75 Å². The highest BCUT2D eigenvalue weighted by atomic mass is 32.2. The Balaban J connectivity index is 1.63. The summed E-state index contributed by atoms with van der Waals surface area (Å²) in [7, 11) is -0.182. The van der Waals surface area contributed by atoms with Crippen molar-refractivity contribution in [3.8, 4) is 5.75 Å². The summed E-state index contributed by atoms with van der Waals surface area (Å²) in [5, 5.41) is 3.19. The third-order valence-electron chi connectivity index (χ3n) is 4.66. The molecular formula is C18H21N5O4S. The molecule has 3 heterocycles. The van der Waals surface area contributed by atoms with Gasteiger partial charge < -0.3 is 19.4 Å². The van der Waals surface area contributed by atoms with Crippen molar-refractivity contribution in [2.24, 2.45) is 7.05 Å². The number of ether oxygens (including phenoxy) is 2. The number of aromatic nitrogens is 3. The molecule has 0 spiro atoms. The average molecular weight is 403 g/mol. The van der Waals surface area contributed by atoms with Crippen molar-refractivity contribution >= 4 is 32.6 Å². The SMILES string of the molecule is COc1cc(S(=O)(=O)N2CCOCC2)ccc1Nc1cc2c(cn1)ncn2C. The van der Waals surface area contributed by atoms with Gasteiger partial charge in [0.15, 0.2) is 0 Å². The summed E-state index contributed by atoms with van der Waals surface area (Å²) in [6, 6.07) is 6.65. The van der Waals surface area contributed by atoms with Crippen LogP contribution in [0.2, 0.25) is 0 Å². The van der Waals surface area contributed by atoms with E-state index in [1.54, 1.807) is 24.7 Å². The molecule has 1 aromatic carbocycles. The molecule has 4 rings (SSSR count). The molecular weight excluding hydrogens is 382 g/mol. The molecule has 0 saturated carbocycles. The Kier molecular flexibility index (Phi) is 4.92. The van der Waals surface area contributed by atoms with E-state index in [2.05, 4.69) is 15.3 Å². The minimum absolute atomic E-state index is 0.187. The molecule has 1 N–H and O–H groups in total. The minimum Gasteiger partial charge on any atom is -0.495 e. The molecule has 1 fully saturated rings. The molecule has 9 nitrogen and oxygen atoms in total. The summed E-state index contributed by atoms with van der Waals surface area (Å²) >= 11 is 0. The van der Waals surface area contributed by atoms with Crippen molar-refractivity contribution in [1.82, 2.24) is 18.8 Å². The first-order chi connectivity index (χ1) is 13.5. The first-order valence-corrected chi connectivity index (χ1v) is 10.2. The second-order valence-electron chi connectivity index (χ2n) is 6.42. The standard InChI is InChI=1S/C18H21N5O4S/c1-22-12-20-15-11-19-18(10-16(15)22)21-14-4-3-13(9-17(14)26-2)28(24,25)23-5-7-27-8-6-23/h3-4,9-12H,5-8H2,1-2H3,(H,19,21). The van der Waals surface area contributed by atoms with Crippen LogP contribution in [-0.2, 0) is 21.8 Å². The highest BCUT2D eigenvalue weighted by Gasteiger charge is 2.27. The van der Waals surface area contributed by atoms with Gasteiger partial charge >= 0.3 is 0 Å². The largest absolute Gasteiger partial charge is 0.495 e. The minimum atomic E-state index is -3.59.